The molecule has 7 heteroatoms. The van der Waals surface area contributed by atoms with Gasteiger partial charge in [-0.05, 0) is 54.9 Å². The van der Waals surface area contributed by atoms with Gasteiger partial charge in [-0.15, -0.1) is 0 Å². The first kappa shape index (κ1) is 32.4. The molecule has 3 aliphatic carbocycles. The number of rotatable bonds is 13. The van der Waals surface area contributed by atoms with Gasteiger partial charge in [-0.25, -0.2) is 0 Å². The number of carbonyl (C=O) groups excluding carboxylic acids is 2. The van der Waals surface area contributed by atoms with E-state index in [2.05, 4.69) is 26.5 Å². The van der Waals surface area contributed by atoms with Crippen molar-refractivity contribution < 1.29 is 33.6 Å². The van der Waals surface area contributed by atoms with Crippen molar-refractivity contribution in [2.45, 2.75) is 127 Å². The van der Waals surface area contributed by atoms with E-state index in [1.165, 1.54) is 25.7 Å². The minimum Gasteiger partial charge on any atom is -0.461 e. The first-order valence-electron chi connectivity index (χ1n) is 17.1. The van der Waals surface area contributed by atoms with Crippen LogP contribution < -0.4 is 0 Å². The Morgan fingerprint density at radius 1 is 1.07 bits per heavy atom. The lowest BCUT2D eigenvalue weighted by atomic mass is 9.55. The van der Waals surface area contributed by atoms with E-state index in [-0.39, 0.29) is 36.6 Å². The molecule has 2 aliphatic heterocycles. The molecule has 5 aliphatic rings. The van der Waals surface area contributed by atoms with E-state index in [0.717, 1.165) is 30.4 Å². The first-order chi connectivity index (χ1) is 21.5. The summed E-state index contributed by atoms with van der Waals surface area (Å²) in [4.78, 5) is 26.6. The summed E-state index contributed by atoms with van der Waals surface area (Å²) in [6.07, 6.45) is 12.8. The maximum absolute atomic E-state index is 13.8. The summed E-state index contributed by atoms with van der Waals surface area (Å²) in [6.45, 7) is 12.5. The van der Waals surface area contributed by atoms with E-state index >= 15 is 0 Å². The fourth-order valence-electron chi connectivity index (χ4n) is 8.96. The van der Waals surface area contributed by atoms with Crippen LogP contribution in [0.5, 0.6) is 0 Å². The van der Waals surface area contributed by atoms with Crippen LogP contribution in [0.4, 0.5) is 0 Å². The Balaban J connectivity index is 1.31. The molecule has 0 amide bonds. The third-order valence-corrected chi connectivity index (χ3v) is 11.1. The van der Waals surface area contributed by atoms with Gasteiger partial charge in [0.25, 0.3) is 5.97 Å². The number of Topliss-reactive ketones (excluding diaryl/α,β-unsaturated/α-hetero) is 1. The molecular formula is C38H50O7. The van der Waals surface area contributed by atoms with Gasteiger partial charge in [-0.2, -0.15) is 0 Å². The lowest BCUT2D eigenvalue weighted by Gasteiger charge is -2.59. The van der Waals surface area contributed by atoms with E-state index < -0.39 is 34.8 Å². The van der Waals surface area contributed by atoms with Crippen LogP contribution in [0.25, 0.3) is 0 Å². The molecule has 0 aromatic heterocycles. The van der Waals surface area contributed by atoms with E-state index in [1.807, 2.05) is 43.3 Å². The number of unbranched alkanes of at least 4 members (excludes halogenated alkanes) is 6. The van der Waals surface area contributed by atoms with Crippen molar-refractivity contribution in [3.8, 4) is 0 Å². The van der Waals surface area contributed by atoms with Crippen LogP contribution in [0.1, 0.15) is 97.5 Å². The third kappa shape index (κ3) is 5.38. The SMILES string of the molecule is C=C(C)[C@@]12C[C@@H](C)C34OC(Cc5ccccc5)(OC1[C@@H]3C=C(COC(=O)CCCCCCCCC)C[C@]1(O)C(=O)C(C)=C[C@@H]41)O2. The molecule has 0 spiro atoms. The zero-order valence-electron chi connectivity index (χ0n) is 27.4. The quantitative estimate of drug-likeness (QED) is 0.146. The predicted octanol–water partition coefficient (Wildman–Crippen LogP) is 6.93. The average molecular weight is 619 g/mol. The second kappa shape index (κ2) is 12.2. The van der Waals surface area contributed by atoms with Crippen molar-refractivity contribution in [2.75, 3.05) is 6.61 Å². The second-order valence-electron chi connectivity index (χ2n) is 14.4. The fourth-order valence-corrected chi connectivity index (χ4v) is 8.96. The Labute approximate surface area is 268 Å². The third-order valence-electron chi connectivity index (χ3n) is 11.1. The smallest absolute Gasteiger partial charge is 0.306 e. The monoisotopic (exact) mass is 618 g/mol. The lowest BCUT2D eigenvalue weighted by Crippen LogP contribution is -2.70. The van der Waals surface area contributed by atoms with Gasteiger partial charge in [0.1, 0.15) is 23.9 Å². The van der Waals surface area contributed by atoms with Gasteiger partial charge in [0.15, 0.2) is 5.78 Å². The zero-order valence-corrected chi connectivity index (χ0v) is 27.4. The van der Waals surface area contributed by atoms with Crippen molar-refractivity contribution in [1.29, 1.82) is 0 Å². The molecule has 3 unspecified atom stereocenters. The van der Waals surface area contributed by atoms with Gasteiger partial charge in [-0.3, -0.25) is 9.59 Å². The van der Waals surface area contributed by atoms with Gasteiger partial charge in [0, 0.05) is 24.7 Å². The van der Waals surface area contributed by atoms with E-state index in [0.29, 0.717) is 30.4 Å². The number of esters is 1. The van der Waals surface area contributed by atoms with Crippen molar-refractivity contribution in [3.05, 3.63) is 71.3 Å². The highest BCUT2D eigenvalue weighted by atomic mass is 16.9. The molecule has 1 aromatic rings. The Bertz CT molecular complexity index is 1380. The first-order valence-corrected chi connectivity index (χ1v) is 17.1. The molecule has 6 rings (SSSR count). The van der Waals surface area contributed by atoms with Crippen molar-refractivity contribution in [3.63, 3.8) is 0 Å². The normalized spacial score (nSPS) is 37.8. The molecule has 244 valence electrons. The maximum atomic E-state index is 13.8. The molecule has 3 fully saturated rings. The van der Waals surface area contributed by atoms with Crippen LogP contribution in [0, 0.1) is 17.8 Å². The van der Waals surface area contributed by atoms with Crippen LogP contribution in [-0.4, -0.2) is 52.3 Å². The van der Waals surface area contributed by atoms with Crippen LogP contribution in [0.2, 0.25) is 0 Å². The van der Waals surface area contributed by atoms with Crippen LogP contribution >= 0.6 is 0 Å². The Morgan fingerprint density at radius 2 is 1.78 bits per heavy atom. The number of carbonyl (C=O) groups is 2. The number of hydrogen-bond donors (Lipinski definition) is 1. The topological polar surface area (TPSA) is 91.3 Å². The van der Waals surface area contributed by atoms with Gasteiger partial charge in [-0.1, -0.05) is 101 Å². The molecule has 7 nitrogen and oxygen atoms in total. The summed E-state index contributed by atoms with van der Waals surface area (Å²) in [7, 11) is 0. The number of fused-ring (bicyclic) bond motifs is 2. The molecule has 1 aromatic carbocycles. The highest BCUT2D eigenvalue weighted by Gasteiger charge is 2.79. The number of aliphatic hydroxyl groups is 1. The van der Waals surface area contributed by atoms with E-state index in [4.69, 9.17) is 18.9 Å². The molecule has 0 radical (unpaired) electrons. The average Bonchev–Trinajstić information content (AvgIpc) is 3.31. The molecule has 2 saturated heterocycles. The predicted molar refractivity (Wildman–Crippen MR) is 171 cm³/mol. The molecule has 3 bridgehead atoms. The van der Waals surface area contributed by atoms with Crippen LogP contribution in [0.3, 0.4) is 0 Å². The number of ether oxygens (including phenoxy) is 4. The van der Waals surface area contributed by atoms with Crippen molar-refractivity contribution in [2.24, 2.45) is 17.8 Å². The summed E-state index contributed by atoms with van der Waals surface area (Å²) < 4.78 is 26.7. The summed E-state index contributed by atoms with van der Waals surface area (Å²) in [5, 5.41) is 12.4. The van der Waals surface area contributed by atoms with Crippen LogP contribution in [0.15, 0.2) is 65.8 Å². The van der Waals surface area contributed by atoms with E-state index in [1.54, 1.807) is 6.92 Å². The summed E-state index contributed by atoms with van der Waals surface area (Å²) in [5.74, 6) is -3.06. The van der Waals surface area contributed by atoms with Gasteiger partial charge in [0.05, 0.1) is 12.0 Å². The maximum Gasteiger partial charge on any atom is 0.306 e. The van der Waals surface area contributed by atoms with Gasteiger partial charge in [0.2, 0.25) is 0 Å². The Hall–Kier alpha value is -2.58. The highest BCUT2D eigenvalue weighted by molar-refractivity contribution is 6.04. The molecule has 1 N–H and O–H groups in total. The summed E-state index contributed by atoms with van der Waals surface area (Å²) in [5.41, 5.74) is -0.429. The minimum absolute atomic E-state index is 0.0143. The number of benzene rings is 1. The lowest BCUT2D eigenvalue weighted by molar-refractivity contribution is -0.421. The number of hydrogen-bond acceptors (Lipinski definition) is 7. The Kier molecular flexibility index (Phi) is 8.79. The molecule has 45 heavy (non-hydrogen) atoms. The largest absolute Gasteiger partial charge is 0.461 e. The second-order valence-corrected chi connectivity index (χ2v) is 14.4. The minimum atomic E-state index is -1.72. The van der Waals surface area contributed by atoms with Crippen molar-refractivity contribution >= 4 is 11.8 Å². The fraction of sp³-hybridized carbons (Fsp3) is 0.632. The Morgan fingerprint density at radius 3 is 2.49 bits per heavy atom. The highest BCUT2D eigenvalue weighted by Crippen LogP contribution is 2.68. The standard InChI is InChI=1S/C38H50O7/c1-6-7-8-9-10-11-15-18-32(39)42-24-29-20-30-34-36(25(2)3)21-27(5)38(30,31-19-26(4)33(40)35(31,41)22-29)45-37(43-34,44-36)23-28-16-13-12-14-17-28/h12-14,16-17,19-20,27,30-31,34,41H,2,6-11,15,18,21-24H2,1,3-5H3/t27-,30+,31-,34?,35-,36+,37?,38?/m1/s1. The molecule has 1 saturated carbocycles. The molecule has 8 atom stereocenters. The van der Waals surface area contributed by atoms with Crippen molar-refractivity contribution in [1.82, 2.24) is 0 Å². The van der Waals surface area contributed by atoms with E-state index in [9.17, 15) is 14.7 Å². The molecule has 2 heterocycles. The summed E-state index contributed by atoms with van der Waals surface area (Å²) in [6, 6.07) is 9.96. The van der Waals surface area contributed by atoms with Gasteiger partial charge < -0.3 is 24.1 Å². The summed E-state index contributed by atoms with van der Waals surface area (Å²) >= 11 is 0. The van der Waals surface area contributed by atoms with Crippen LogP contribution in [-0.2, 0) is 35.0 Å². The number of ketones is 1. The zero-order chi connectivity index (χ0) is 32.0. The van der Waals surface area contributed by atoms with Gasteiger partial charge >= 0.3 is 5.97 Å². The molecular weight excluding hydrogens is 568 g/mol.